The van der Waals surface area contributed by atoms with Crippen LogP contribution in [0.5, 0.6) is 0 Å². The van der Waals surface area contributed by atoms with Gasteiger partial charge in [-0.15, -0.1) is 0 Å². The number of carboxylic acid groups (broad SMARTS) is 1. The minimum Gasteiger partial charge on any atom is -0.480 e. The molecule has 2 rings (SSSR count). The van der Waals surface area contributed by atoms with Crippen molar-refractivity contribution in [1.82, 2.24) is 10.6 Å². The lowest BCUT2D eigenvalue weighted by Crippen LogP contribution is -2.60. The first kappa shape index (κ1) is 14.3. The van der Waals surface area contributed by atoms with Gasteiger partial charge in [-0.2, -0.15) is 0 Å². The predicted octanol–water partition coefficient (Wildman–Crippen LogP) is 1.28. The smallest absolute Gasteiger partial charge is 0.329 e. The Labute approximate surface area is 114 Å². The van der Waals surface area contributed by atoms with Crippen molar-refractivity contribution >= 4 is 11.9 Å². The van der Waals surface area contributed by atoms with Gasteiger partial charge in [-0.05, 0) is 51.0 Å². The molecule has 1 atom stereocenters. The number of amides is 1. The van der Waals surface area contributed by atoms with Crippen LogP contribution in [-0.2, 0) is 9.59 Å². The summed E-state index contributed by atoms with van der Waals surface area (Å²) >= 11 is 0. The number of hydrogen-bond acceptors (Lipinski definition) is 3. The zero-order chi connectivity index (χ0) is 13.9. The minimum absolute atomic E-state index is 0.142. The summed E-state index contributed by atoms with van der Waals surface area (Å²) in [5.74, 6) is -0.475. The van der Waals surface area contributed by atoms with Crippen LogP contribution in [0.2, 0.25) is 0 Å². The molecule has 0 spiro atoms. The fourth-order valence-electron chi connectivity index (χ4n) is 3.05. The average Bonchev–Trinajstić information content (AvgIpc) is 2.42. The number of carbonyl (C=O) groups is 2. The summed E-state index contributed by atoms with van der Waals surface area (Å²) < 4.78 is 0. The van der Waals surface area contributed by atoms with Gasteiger partial charge in [0.05, 0.1) is 6.04 Å². The highest BCUT2D eigenvalue weighted by Crippen LogP contribution is 2.32. The number of carbonyl (C=O) groups excluding carboxylic acids is 1. The molecule has 5 nitrogen and oxygen atoms in total. The lowest BCUT2D eigenvalue weighted by atomic mass is 9.77. The van der Waals surface area contributed by atoms with Crippen LogP contribution in [0.25, 0.3) is 0 Å². The van der Waals surface area contributed by atoms with E-state index in [4.69, 9.17) is 0 Å². The van der Waals surface area contributed by atoms with E-state index >= 15 is 0 Å². The molecule has 0 unspecified atom stereocenters. The number of carboxylic acids is 1. The second-order valence-electron chi connectivity index (χ2n) is 6.06. The molecule has 1 amide bonds. The van der Waals surface area contributed by atoms with Crippen LogP contribution in [0, 0.1) is 5.92 Å². The Bertz CT molecular complexity index is 343. The normalized spacial score (nSPS) is 35.6. The molecule has 0 aromatic rings. The van der Waals surface area contributed by atoms with E-state index in [1.165, 1.54) is 0 Å². The number of piperidine rings is 1. The molecule has 2 fully saturated rings. The van der Waals surface area contributed by atoms with Gasteiger partial charge in [0.2, 0.25) is 5.91 Å². The van der Waals surface area contributed by atoms with Crippen LogP contribution in [-0.4, -0.2) is 35.1 Å². The van der Waals surface area contributed by atoms with Crippen molar-refractivity contribution in [3.05, 3.63) is 0 Å². The molecule has 3 N–H and O–H groups in total. The van der Waals surface area contributed by atoms with E-state index in [2.05, 4.69) is 17.6 Å². The third kappa shape index (κ3) is 3.26. The van der Waals surface area contributed by atoms with Gasteiger partial charge in [-0.25, -0.2) is 4.79 Å². The van der Waals surface area contributed by atoms with E-state index in [0.29, 0.717) is 18.8 Å². The van der Waals surface area contributed by atoms with Gasteiger partial charge in [-0.3, -0.25) is 4.79 Å². The van der Waals surface area contributed by atoms with Gasteiger partial charge < -0.3 is 15.7 Å². The molecule has 1 saturated carbocycles. The van der Waals surface area contributed by atoms with Crippen LogP contribution in [0.15, 0.2) is 0 Å². The Morgan fingerprint density at radius 1 is 1.21 bits per heavy atom. The Morgan fingerprint density at radius 2 is 1.89 bits per heavy atom. The third-order valence-corrected chi connectivity index (χ3v) is 4.53. The van der Waals surface area contributed by atoms with Crippen molar-refractivity contribution in [3.63, 3.8) is 0 Å². The summed E-state index contributed by atoms with van der Waals surface area (Å²) in [4.78, 5) is 23.8. The maximum Gasteiger partial charge on any atom is 0.329 e. The Kier molecular flexibility index (Phi) is 4.45. The first-order chi connectivity index (χ1) is 9.03. The molecule has 1 heterocycles. The van der Waals surface area contributed by atoms with Crippen molar-refractivity contribution in [1.29, 1.82) is 0 Å². The van der Waals surface area contributed by atoms with Gasteiger partial charge >= 0.3 is 5.97 Å². The standard InChI is InChI=1S/C14H24N2O3/c1-10-5-7-14(8-6-10,13(18)19)16-12(17)11-4-2-3-9-15-11/h10-11,15H,2-9H2,1H3,(H,16,17)(H,18,19)/t10?,11-,14?/m0/s1. The highest BCUT2D eigenvalue weighted by Gasteiger charge is 2.43. The largest absolute Gasteiger partial charge is 0.480 e. The summed E-state index contributed by atoms with van der Waals surface area (Å²) in [6.45, 7) is 2.98. The molecule has 19 heavy (non-hydrogen) atoms. The molecule has 2 aliphatic rings. The van der Waals surface area contributed by atoms with E-state index in [-0.39, 0.29) is 11.9 Å². The minimum atomic E-state index is -1.04. The molecule has 1 saturated heterocycles. The van der Waals surface area contributed by atoms with Crippen molar-refractivity contribution in [2.75, 3.05) is 6.54 Å². The topological polar surface area (TPSA) is 78.4 Å². The number of hydrogen-bond donors (Lipinski definition) is 3. The summed E-state index contributed by atoms with van der Waals surface area (Å²) in [5.41, 5.74) is -1.04. The van der Waals surface area contributed by atoms with Gasteiger partial charge in [0, 0.05) is 0 Å². The molecule has 1 aliphatic heterocycles. The van der Waals surface area contributed by atoms with Gasteiger partial charge in [-0.1, -0.05) is 13.3 Å². The first-order valence-corrected chi connectivity index (χ1v) is 7.32. The van der Waals surface area contributed by atoms with Gasteiger partial charge in [0.1, 0.15) is 5.54 Å². The maximum atomic E-state index is 12.2. The van der Waals surface area contributed by atoms with Crippen LogP contribution in [0.3, 0.4) is 0 Å². The van der Waals surface area contributed by atoms with E-state index in [1.54, 1.807) is 0 Å². The SMILES string of the molecule is CC1CCC(NC(=O)[C@@H]2CCCCN2)(C(=O)O)CC1. The summed E-state index contributed by atoms with van der Waals surface area (Å²) in [6, 6.07) is -0.218. The average molecular weight is 268 g/mol. The van der Waals surface area contributed by atoms with Gasteiger partial charge in [0.15, 0.2) is 0 Å². The molecule has 0 aromatic carbocycles. The number of aliphatic carboxylic acids is 1. The highest BCUT2D eigenvalue weighted by atomic mass is 16.4. The molecule has 0 radical (unpaired) electrons. The quantitative estimate of drug-likeness (QED) is 0.720. The van der Waals surface area contributed by atoms with E-state index in [0.717, 1.165) is 38.6 Å². The Morgan fingerprint density at radius 3 is 2.42 bits per heavy atom. The molecule has 5 heteroatoms. The molecule has 1 aliphatic carbocycles. The number of rotatable bonds is 3. The van der Waals surface area contributed by atoms with E-state index in [9.17, 15) is 14.7 Å². The van der Waals surface area contributed by atoms with Crippen molar-refractivity contribution < 1.29 is 14.7 Å². The molecule has 0 bridgehead atoms. The van der Waals surface area contributed by atoms with Crippen molar-refractivity contribution in [2.45, 2.75) is 63.5 Å². The van der Waals surface area contributed by atoms with E-state index < -0.39 is 11.5 Å². The molecular formula is C14H24N2O3. The predicted molar refractivity (Wildman–Crippen MR) is 71.8 cm³/mol. The molecule has 0 aromatic heterocycles. The fraction of sp³-hybridized carbons (Fsp3) is 0.857. The maximum absolute atomic E-state index is 12.2. The van der Waals surface area contributed by atoms with Crippen LogP contribution >= 0.6 is 0 Å². The monoisotopic (exact) mass is 268 g/mol. The van der Waals surface area contributed by atoms with E-state index in [1.807, 2.05) is 0 Å². The summed E-state index contributed by atoms with van der Waals surface area (Å²) in [5, 5.41) is 15.5. The van der Waals surface area contributed by atoms with Crippen LogP contribution < -0.4 is 10.6 Å². The second kappa shape index (κ2) is 5.90. The zero-order valence-corrected chi connectivity index (χ0v) is 11.6. The summed E-state index contributed by atoms with van der Waals surface area (Å²) in [6.07, 6.45) is 5.74. The first-order valence-electron chi connectivity index (χ1n) is 7.32. The highest BCUT2D eigenvalue weighted by molar-refractivity contribution is 5.89. The Balaban J connectivity index is 2.00. The van der Waals surface area contributed by atoms with Crippen molar-refractivity contribution in [3.8, 4) is 0 Å². The lowest BCUT2D eigenvalue weighted by Gasteiger charge is -2.37. The van der Waals surface area contributed by atoms with Crippen LogP contribution in [0.1, 0.15) is 51.9 Å². The molecule has 108 valence electrons. The van der Waals surface area contributed by atoms with Crippen molar-refractivity contribution in [2.24, 2.45) is 5.92 Å². The Hall–Kier alpha value is -1.10. The fourth-order valence-corrected chi connectivity index (χ4v) is 3.05. The third-order valence-electron chi connectivity index (χ3n) is 4.53. The second-order valence-corrected chi connectivity index (χ2v) is 6.06. The number of nitrogens with one attached hydrogen (secondary N) is 2. The summed E-state index contributed by atoms with van der Waals surface area (Å²) in [7, 11) is 0. The van der Waals surface area contributed by atoms with Crippen LogP contribution in [0.4, 0.5) is 0 Å². The zero-order valence-electron chi connectivity index (χ0n) is 11.6. The lowest BCUT2D eigenvalue weighted by molar-refractivity contribution is -0.150. The van der Waals surface area contributed by atoms with Gasteiger partial charge in [0.25, 0.3) is 0 Å². The molecular weight excluding hydrogens is 244 g/mol.